The van der Waals surface area contributed by atoms with Gasteiger partial charge in [0, 0.05) is 12.0 Å². The highest BCUT2D eigenvalue weighted by molar-refractivity contribution is 6.11. The van der Waals surface area contributed by atoms with E-state index in [1.54, 1.807) is 6.07 Å². The van der Waals surface area contributed by atoms with E-state index in [1.165, 1.54) is 0 Å². The monoisotopic (exact) mass is 412 g/mol. The third-order valence-electron chi connectivity index (χ3n) is 5.74. The van der Waals surface area contributed by atoms with Crippen molar-refractivity contribution in [2.24, 2.45) is 0 Å². The van der Waals surface area contributed by atoms with Crippen molar-refractivity contribution in [3.05, 3.63) is 107 Å². The van der Waals surface area contributed by atoms with Gasteiger partial charge in [-0.3, -0.25) is 14.5 Å². The average Bonchev–Trinajstić information content (AvgIpc) is 3.00. The molecule has 1 aliphatic rings. The highest BCUT2D eigenvalue weighted by Crippen LogP contribution is 2.33. The molecule has 5 nitrogen and oxygen atoms in total. The smallest absolute Gasteiger partial charge is 0.319 e. The van der Waals surface area contributed by atoms with Gasteiger partial charge in [-0.2, -0.15) is 0 Å². The molecule has 3 amide bonds. The topological polar surface area (TPSA) is 66.5 Å². The maximum atomic E-state index is 13.6. The van der Waals surface area contributed by atoms with Crippen molar-refractivity contribution in [2.45, 2.75) is 25.8 Å². The molecule has 1 N–H and O–H groups in total. The van der Waals surface area contributed by atoms with Crippen molar-refractivity contribution >= 4 is 17.7 Å². The number of aryl methyl sites for hydroxylation is 2. The summed E-state index contributed by atoms with van der Waals surface area (Å²) in [4.78, 5) is 40.5. The highest BCUT2D eigenvalue weighted by atomic mass is 16.2. The van der Waals surface area contributed by atoms with Crippen LogP contribution in [0.4, 0.5) is 4.79 Å². The van der Waals surface area contributed by atoms with Gasteiger partial charge in [-0.15, -0.1) is 0 Å². The predicted molar refractivity (Wildman–Crippen MR) is 119 cm³/mol. The lowest BCUT2D eigenvalue weighted by Crippen LogP contribution is -2.46. The van der Waals surface area contributed by atoms with Crippen LogP contribution < -0.4 is 5.32 Å². The van der Waals surface area contributed by atoms with Gasteiger partial charge in [0.25, 0.3) is 5.91 Å². The molecule has 1 aliphatic heterocycles. The fraction of sp³-hybridized carbons (Fsp3) is 0.192. The van der Waals surface area contributed by atoms with Crippen LogP contribution in [0.5, 0.6) is 0 Å². The lowest BCUT2D eigenvalue weighted by Gasteiger charge is -2.27. The van der Waals surface area contributed by atoms with Crippen LogP contribution in [0.3, 0.4) is 0 Å². The Bertz CT molecular complexity index is 1140. The third kappa shape index (κ3) is 3.87. The first-order chi connectivity index (χ1) is 14.9. The van der Waals surface area contributed by atoms with Gasteiger partial charge in [0.15, 0.2) is 11.3 Å². The fourth-order valence-corrected chi connectivity index (χ4v) is 4.17. The fourth-order valence-electron chi connectivity index (χ4n) is 4.17. The number of hydrogen-bond donors (Lipinski definition) is 1. The Kier molecular flexibility index (Phi) is 5.42. The molecule has 0 bridgehead atoms. The predicted octanol–water partition coefficient (Wildman–Crippen LogP) is 4.18. The summed E-state index contributed by atoms with van der Waals surface area (Å²) >= 11 is 0. The van der Waals surface area contributed by atoms with Gasteiger partial charge < -0.3 is 5.32 Å². The van der Waals surface area contributed by atoms with E-state index in [4.69, 9.17) is 0 Å². The maximum Gasteiger partial charge on any atom is 0.325 e. The largest absolute Gasteiger partial charge is 0.325 e. The minimum Gasteiger partial charge on any atom is -0.319 e. The lowest BCUT2D eigenvalue weighted by molar-refractivity contribution is -0.131. The van der Waals surface area contributed by atoms with Crippen LogP contribution in [0.1, 0.15) is 32.6 Å². The Morgan fingerprint density at radius 2 is 1.55 bits per heavy atom. The Morgan fingerprint density at radius 1 is 0.903 bits per heavy atom. The quantitative estimate of drug-likeness (QED) is 0.488. The summed E-state index contributed by atoms with van der Waals surface area (Å²) < 4.78 is 0. The highest BCUT2D eigenvalue weighted by Gasteiger charge is 2.52. The number of rotatable bonds is 6. The van der Waals surface area contributed by atoms with E-state index >= 15 is 0 Å². The van der Waals surface area contributed by atoms with Crippen molar-refractivity contribution in [3.8, 4) is 0 Å². The molecule has 5 heteroatoms. The summed E-state index contributed by atoms with van der Waals surface area (Å²) in [6.45, 7) is 3.52. The number of carbonyl (C=O) groups excluding carboxylic acids is 3. The molecule has 1 heterocycles. The second-order valence-electron chi connectivity index (χ2n) is 8.00. The van der Waals surface area contributed by atoms with Crippen LogP contribution in [0.25, 0.3) is 0 Å². The molecule has 0 unspecified atom stereocenters. The van der Waals surface area contributed by atoms with Gasteiger partial charge in [-0.1, -0.05) is 84.4 Å². The number of Topliss-reactive ketones (excluding diaryl/α,β-unsaturated/α-hetero) is 1. The number of imide groups is 1. The molecule has 1 fully saturated rings. The van der Waals surface area contributed by atoms with Gasteiger partial charge in [0.1, 0.15) is 0 Å². The molecule has 0 aromatic heterocycles. The molecule has 3 aromatic carbocycles. The number of ketones is 1. The number of urea groups is 1. The van der Waals surface area contributed by atoms with E-state index in [0.29, 0.717) is 17.5 Å². The number of amides is 3. The van der Waals surface area contributed by atoms with E-state index in [2.05, 4.69) is 5.32 Å². The molecule has 0 aliphatic carbocycles. The van der Waals surface area contributed by atoms with Crippen LogP contribution in [-0.2, 0) is 16.8 Å². The van der Waals surface area contributed by atoms with Crippen molar-refractivity contribution < 1.29 is 14.4 Å². The summed E-state index contributed by atoms with van der Waals surface area (Å²) in [6, 6.07) is 23.7. The summed E-state index contributed by atoms with van der Waals surface area (Å²) in [5, 5.41) is 2.90. The van der Waals surface area contributed by atoms with E-state index in [1.807, 2.05) is 86.6 Å². The summed E-state index contributed by atoms with van der Waals surface area (Å²) in [6.07, 6.45) is 0.302. The molecule has 0 spiro atoms. The number of hydrogen-bond acceptors (Lipinski definition) is 3. The Morgan fingerprint density at radius 3 is 2.19 bits per heavy atom. The van der Waals surface area contributed by atoms with Crippen LogP contribution >= 0.6 is 0 Å². The minimum atomic E-state index is -1.25. The molecule has 1 saturated heterocycles. The van der Waals surface area contributed by atoms with Crippen molar-refractivity contribution in [3.63, 3.8) is 0 Å². The van der Waals surface area contributed by atoms with E-state index < -0.39 is 17.5 Å². The summed E-state index contributed by atoms with van der Waals surface area (Å²) in [5.41, 5.74) is 2.76. The van der Waals surface area contributed by atoms with Gasteiger partial charge in [-0.25, -0.2) is 4.79 Å². The molecule has 0 saturated carbocycles. The zero-order valence-corrected chi connectivity index (χ0v) is 17.6. The van der Waals surface area contributed by atoms with Gasteiger partial charge in [-0.05, 0) is 30.5 Å². The van der Waals surface area contributed by atoms with Crippen molar-refractivity contribution in [1.82, 2.24) is 10.2 Å². The number of carbonyl (C=O) groups is 3. The summed E-state index contributed by atoms with van der Waals surface area (Å²) in [5.74, 6) is -0.671. The second kappa shape index (κ2) is 8.19. The normalized spacial score (nSPS) is 18.2. The second-order valence-corrected chi connectivity index (χ2v) is 8.00. The first-order valence-corrected chi connectivity index (χ1v) is 10.2. The Balaban J connectivity index is 1.68. The standard InChI is InChI=1S/C26H24N2O3/c1-18-13-14-22(19(2)15-18)23(29)17-28-24(30)26(27-25(28)31,21-11-7-4-8-12-21)16-20-9-5-3-6-10-20/h3-15H,16-17H2,1-2H3,(H,27,31)/t26-/m1/s1. The zero-order chi connectivity index (χ0) is 22.0. The maximum absolute atomic E-state index is 13.6. The number of benzene rings is 3. The molecular weight excluding hydrogens is 388 g/mol. The number of nitrogens with one attached hydrogen (secondary N) is 1. The van der Waals surface area contributed by atoms with Crippen molar-refractivity contribution in [2.75, 3.05) is 6.54 Å². The Hall–Kier alpha value is -3.73. The van der Waals surface area contributed by atoms with Gasteiger partial charge >= 0.3 is 6.03 Å². The van der Waals surface area contributed by atoms with Crippen molar-refractivity contribution in [1.29, 1.82) is 0 Å². The molecule has 1 atom stereocenters. The first-order valence-electron chi connectivity index (χ1n) is 10.2. The summed E-state index contributed by atoms with van der Waals surface area (Å²) in [7, 11) is 0. The van der Waals surface area contributed by atoms with E-state index in [0.717, 1.165) is 21.6 Å². The zero-order valence-electron chi connectivity index (χ0n) is 17.6. The minimum absolute atomic E-state index is 0.260. The average molecular weight is 412 g/mol. The lowest BCUT2D eigenvalue weighted by atomic mass is 9.83. The van der Waals surface area contributed by atoms with E-state index in [9.17, 15) is 14.4 Å². The van der Waals surface area contributed by atoms with Gasteiger partial charge in [0.05, 0.1) is 6.54 Å². The van der Waals surface area contributed by atoms with Crippen LogP contribution in [0, 0.1) is 13.8 Å². The first kappa shape index (κ1) is 20.5. The number of nitrogens with zero attached hydrogens (tertiary/aromatic N) is 1. The van der Waals surface area contributed by atoms with Gasteiger partial charge in [0.2, 0.25) is 0 Å². The SMILES string of the molecule is Cc1ccc(C(=O)CN2C(=O)N[C@](Cc3ccccc3)(c3ccccc3)C2=O)c(C)c1. The van der Waals surface area contributed by atoms with Crippen LogP contribution in [-0.4, -0.2) is 29.2 Å². The van der Waals surface area contributed by atoms with Crippen LogP contribution in [0.2, 0.25) is 0 Å². The molecule has 3 aromatic rings. The molecule has 4 rings (SSSR count). The Labute approximate surface area is 181 Å². The van der Waals surface area contributed by atoms with Crippen LogP contribution in [0.15, 0.2) is 78.9 Å². The molecule has 31 heavy (non-hydrogen) atoms. The van der Waals surface area contributed by atoms with E-state index in [-0.39, 0.29) is 12.3 Å². The third-order valence-corrected chi connectivity index (χ3v) is 5.74. The molecule has 0 radical (unpaired) electrons. The molecular formula is C26H24N2O3. The molecule has 156 valence electrons.